The number of anilines is 1. The van der Waals surface area contributed by atoms with Gasteiger partial charge in [0.2, 0.25) is 5.91 Å². The fraction of sp³-hybridized carbons (Fsp3) is 0.345. The molecule has 4 rings (SSSR count). The second kappa shape index (κ2) is 12.1. The maximum atomic E-state index is 13.6. The van der Waals surface area contributed by atoms with Gasteiger partial charge in [0, 0.05) is 18.1 Å². The van der Waals surface area contributed by atoms with Crippen LogP contribution in [-0.4, -0.2) is 38.9 Å². The number of halogens is 1. The minimum atomic E-state index is -3.99. The van der Waals surface area contributed by atoms with Gasteiger partial charge in [-0.3, -0.25) is 14.0 Å². The van der Waals surface area contributed by atoms with Gasteiger partial charge >= 0.3 is 0 Å². The molecule has 0 saturated carbocycles. The molecular formula is C29H34ClN3O3S. The van der Waals surface area contributed by atoms with Gasteiger partial charge in [0.25, 0.3) is 10.0 Å². The van der Waals surface area contributed by atoms with Crippen molar-refractivity contribution in [2.24, 2.45) is 0 Å². The molecule has 1 fully saturated rings. The fourth-order valence-corrected chi connectivity index (χ4v) is 6.08. The second-order valence-corrected chi connectivity index (χ2v) is 12.0. The largest absolute Gasteiger partial charge is 0.350 e. The van der Waals surface area contributed by atoms with Crippen LogP contribution in [0.1, 0.15) is 41.5 Å². The first-order valence-corrected chi connectivity index (χ1v) is 14.5. The highest BCUT2D eigenvalue weighted by molar-refractivity contribution is 7.92. The quantitative estimate of drug-likeness (QED) is 0.392. The van der Waals surface area contributed by atoms with Gasteiger partial charge in [-0.2, -0.15) is 0 Å². The van der Waals surface area contributed by atoms with Crippen molar-refractivity contribution in [3.05, 3.63) is 94.0 Å². The van der Waals surface area contributed by atoms with Gasteiger partial charge in [-0.05, 0) is 80.7 Å². The number of carbonyl (C=O) groups is 1. The number of carbonyl (C=O) groups excluding carboxylic acids is 1. The number of benzene rings is 3. The van der Waals surface area contributed by atoms with Crippen LogP contribution in [0.25, 0.3) is 0 Å². The number of likely N-dealkylation sites (tertiary alicyclic amines) is 1. The summed E-state index contributed by atoms with van der Waals surface area (Å²) in [5, 5.41) is 3.33. The Kier molecular flexibility index (Phi) is 8.90. The molecule has 0 spiro atoms. The standard InChI is InChI=1S/C29H34ClN3O3S/c1-22-9-13-27(14-10-22)37(35,36)33(26-12-11-23(2)28(30)18-26)21-29(34)31-19-24-7-6-8-25(17-24)20-32-15-4-3-5-16-32/h6-14,17-18H,3-5,15-16,19-21H2,1-2H3,(H,31,34). The summed E-state index contributed by atoms with van der Waals surface area (Å²) in [6.07, 6.45) is 3.78. The lowest BCUT2D eigenvalue weighted by Gasteiger charge is -2.26. The van der Waals surface area contributed by atoms with Crippen molar-refractivity contribution in [1.29, 1.82) is 0 Å². The molecule has 1 N–H and O–H groups in total. The Morgan fingerprint density at radius 2 is 1.65 bits per heavy atom. The summed E-state index contributed by atoms with van der Waals surface area (Å²) in [4.78, 5) is 15.6. The topological polar surface area (TPSA) is 69.7 Å². The minimum absolute atomic E-state index is 0.119. The van der Waals surface area contributed by atoms with E-state index < -0.39 is 15.9 Å². The van der Waals surface area contributed by atoms with Crippen molar-refractivity contribution in [3.8, 4) is 0 Å². The van der Waals surface area contributed by atoms with E-state index in [2.05, 4.69) is 22.3 Å². The maximum Gasteiger partial charge on any atom is 0.264 e. The monoisotopic (exact) mass is 539 g/mol. The van der Waals surface area contributed by atoms with E-state index in [0.717, 1.165) is 40.6 Å². The van der Waals surface area contributed by atoms with Gasteiger partial charge in [0.05, 0.1) is 10.6 Å². The third-order valence-corrected chi connectivity index (χ3v) is 8.87. The fourth-order valence-electron chi connectivity index (χ4n) is 4.49. The van der Waals surface area contributed by atoms with Gasteiger partial charge in [0.1, 0.15) is 6.54 Å². The van der Waals surface area contributed by atoms with Crippen molar-refractivity contribution in [2.75, 3.05) is 23.9 Å². The molecule has 0 atom stereocenters. The van der Waals surface area contributed by atoms with Crippen LogP contribution in [-0.2, 0) is 27.9 Å². The van der Waals surface area contributed by atoms with Gasteiger partial charge in [-0.1, -0.05) is 66.0 Å². The summed E-state index contributed by atoms with van der Waals surface area (Å²) >= 11 is 6.31. The summed E-state index contributed by atoms with van der Waals surface area (Å²) < 4.78 is 28.3. The number of rotatable bonds is 9. The average Bonchev–Trinajstić information content (AvgIpc) is 2.89. The molecule has 8 heteroatoms. The zero-order valence-electron chi connectivity index (χ0n) is 21.4. The molecule has 0 bridgehead atoms. The van der Waals surface area contributed by atoms with Crippen LogP contribution in [0.5, 0.6) is 0 Å². The lowest BCUT2D eigenvalue weighted by atomic mass is 10.1. The third kappa shape index (κ3) is 7.12. The lowest BCUT2D eigenvalue weighted by molar-refractivity contribution is -0.119. The van der Waals surface area contributed by atoms with E-state index in [1.165, 1.54) is 24.8 Å². The number of nitrogens with zero attached hydrogens (tertiary/aromatic N) is 2. The molecule has 1 amide bonds. The molecule has 37 heavy (non-hydrogen) atoms. The summed E-state index contributed by atoms with van der Waals surface area (Å²) in [7, 11) is -3.99. The zero-order chi connectivity index (χ0) is 26.4. The van der Waals surface area contributed by atoms with E-state index in [1.54, 1.807) is 42.5 Å². The number of piperidine rings is 1. The molecule has 1 saturated heterocycles. The number of nitrogens with one attached hydrogen (secondary N) is 1. The number of hydrogen-bond donors (Lipinski definition) is 1. The van der Waals surface area contributed by atoms with Gasteiger partial charge < -0.3 is 5.32 Å². The number of sulfonamides is 1. The highest BCUT2D eigenvalue weighted by Gasteiger charge is 2.27. The van der Waals surface area contributed by atoms with Crippen LogP contribution >= 0.6 is 11.6 Å². The molecule has 3 aromatic carbocycles. The van der Waals surface area contributed by atoms with Crippen LogP contribution in [0, 0.1) is 13.8 Å². The predicted molar refractivity (Wildman–Crippen MR) is 149 cm³/mol. The molecule has 3 aromatic rings. The Hall–Kier alpha value is -2.87. The van der Waals surface area contributed by atoms with E-state index in [1.807, 2.05) is 26.0 Å². The molecule has 1 aliphatic rings. The number of amides is 1. The molecule has 196 valence electrons. The van der Waals surface area contributed by atoms with Gasteiger partial charge in [-0.25, -0.2) is 8.42 Å². The average molecular weight is 540 g/mol. The molecule has 1 aliphatic heterocycles. The summed E-state index contributed by atoms with van der Waals surface area (Å²) in [6, 6.07) is 19.8. The van der Waals surface area contributed by atoms with E-state index in [9.17, 15) is 13.2 Å². The van der Waals surface area contributed by atoms with E-state index in [-0.39, 0.29) is 11.4 Å². The summed E-state index contributed by atoms with van der Waals surface area (Å²) in [5.41, 5.74) is 4.31. The molecule has 0 aliphatic carbocycles. The summed E-state index contributed by atoms with van der Waals surface area (Å²) in [6.45, 7) is 6.84. The second-order valence-electron chi connectivity index (χ2n) is 9.69. The van der Waals surface area contributed by atoms with Crippen LogP contribution in [0.3, 0.4) is 0 Å². The van der Waals surface area contributed by atoms with Crippen molar-refractivity contribution >= 4 is 33.2 Å². The van der Waals surface area contributed by atoms with Gasteiger partial charge in [0.15, 0.2) is 0 Å². The van der Waals surface area contributed by atoms with Gasteiger partial charge in [-0.15, -0.1) is 0 Å². The number of aryl methyl sites for hydroxylation is 2. The third-order valence-electron chi connectivity index (χ3n) is 6.68. The van der Waals surface area contributed by atoms with Crippen LogP contribution in [0.4, 0.5) is 5.69 Å². The number of hydrogen-bond acceptors (Lipinski definition) is 4. The molecular weight excluding hydrogens is 506 g/mol. The lowest BCUT2D eigenvalue weighted by Crippen LogP contribution is -2.40. The van der Waals surface area contributed by atoms with Crippen molar-refractivity contribution in [2.45, 2.75) is 51.1 Å². The predicted octanol–water partition coefficient (Wildman–Crippen LogP) is 5.45. The van der Waals surface area contributed by atoms with E-state index in [0.29, 0.717) is 17.3 Å². The van der Waals surface area contributed by atoms with Crippen molar-refractivity contribution in [3.63, 3.8) is 0 Å². The highest BCUT2D eigenvalue weighted by atomic mass is 35.5. The first-order chi connectivity index (χ1) is 17.7. The Labute approximate surface area is 225 Å². The first-order valence-electron chi connectivity index (χ1n) is 12.6. The Bertz CT molecular complexity index is 1340. The summed E-state index contributed by atoms with van der Waals surface area (Å²) in [5.74, 6) is -0.395. The van der Waals surface area contributed by atoms with Crippen molar-refractivity contribution < 1.29 is 13.2 Å². The van der Waals surface area contributed by atoms with Crippen molar-refractivity contribution in [1.82, 2.24) is 10.2 Å². The highest BCUT2D eigenvalue weighted by Crippen LogP contribution is 2.28. The molecule has 1 heterocycles. The smallest absolute Gasteiger partial charge is 0.264 e. The zero-order valence-corrected chi connectivity index (χ0v) is 23.0. The van der Waals surface area contributed by atoms with E-state index >= 15 is 0 Å². The molecule has 0 radical (unpaired) electrons. The Morgan fingerprint density at radius 1 is 0.946 bits per heavy atom. The maximum absolute atomic E-state index is 13.6. The molecule has 0 unspecified atom stereocenters. The van der Waals surface area contributed by atoms with Crippen LogP contribution in [0.15, 0.2) is 71.6 Å². The van der Waals surface area contributed by atoms with Crippen LogP contribution < -0.4 is 9.62 Å². The first kappa shape index (κ1) is 27.2. The minimum Gasteiger partial charge on any atom is -0.350 e. The Balaban J connectivity index is 1.49. The SMILES string of the molecule is Cc1ccc(S(=O)(=O)N(CC(=O)NCc2cccc(CN3CCCCC3)c2)c2ccc(C)c(Cl)c2)cc1. The normalized spacial score (nSPS) is 14.4. The van der Waals surface area contributed by atoms with E-state index in [4.69, 9.17) is 11.6 Å². The Morgan fingerprint density at radius 3 is 2.35 bits per heavy atom. The molecule has 0 aromatic heterocycles. The van der Waals surface area contributed by atoms with Crippen LogP contribution in [0.2, 0.25) is 5.02 Å². The molecule has 6 nitrogen and oxygen atoms in total.